The van der Waals surface area contributed by atoms with Crippen molar-refractivity contribution in [2.24, 2.45) is 0 Å². The molecule has 90 valence electrons. The molecular formula is C12H15N3O2. The van der Waals surface area contributed by atoms with Gasteiger partial charge in [0.25, 0.3) is 0 Å². The van der Waals surface area contributed by atoms with Gasteiger partial charge in [-0.15, -0.1) is 0 Å². The van der Waals surface area contributed by atoms with E-state index in [1.807, 2.05) is 12.1 Å². The summed E-state index contributed by atoms with van der Waals surface area (Å²) in [5, 5.41) is 6.97. The lowest BCUT2D eigenvalue weighted by Crippen LogP contribution is -2.14. The second kappa shape index (κ2) is 5.45. The summed E-state index contributed by atoms with van der Waals surface area (Å²) in [5.74, 6) is 1.54. The van der Waals surface area contributed by atoms with E-state index in [1.54, 1.807) is 7.11 Å². The lowest BCUT2D eigenvalue weighted by Gasteiger charge is -2.09. The second-order valence-electron chi connectivity index (χ2n) is 3.77. The fourth-order valence-corrected chi connectivity index (χ4v) is 1.62. The average molecular weight is 233 g/mol. The summed E-state index contributed by atoms with van der Waals surface area (Å²) in [6, 6.07) is 6.10. The third-order valence-corrected chi connectivity index (χ3v) is 2.44. The van der Waals surface area contributed by atoms with Crippen LogP contribution >= 0.6 is 0 Å². The van der Waals surface area contributed by atoms with Gasteiger partial charge in [-0.05, 0) is 13.0 Å². The first kappa shape index (κ1) is 11.6. The van der Waals surface area contributed by atoms with Gasteiger partial charge in [-0.1, -0.05) is 22.9 Å². The summed E-state index contributed by atoms with van der Waals surface area (Å²) >= 11 is 0. The van der Waals surface area contributed by atoms with Crippen molar-refractivity contribution < 1.29 is 9.26 Å². The highest BCUT2D eigenvalue weighted by atomic mass is 16.5. The van der Waals surface area contributed by atoms with Crippen LogP contribution in [-0.2, 0) is 13.1 Å². The van der Waals surface area contributed by atoms with Crippen molar-refractivity contribution in [2.75, 3.05) is 7.11 Å². The molecule has 2 rings (SSSR count). The van der Waals surface area contributed by atoms with Gasteiger partial charge in [0.15, 0.2) is 5.82 Å². The minimum Gasteiger partial charge on any atom is -0.496 e. The summed E-state index contributed by atoms with van der Waals surface area (Å²) in [6.45, 7) is 3.34. The Kier molecular flexibility index (Phi) is 3.72. The predicted octanol–water partition coefficient (Wildman–Crippen LogP) is 1.68. The maximum atomic E-state index is 5.30. The molecule has 0 radical (unpaired) electrons. The molecule has 5 nitrogen and oxygen atoms in total. The van der Waals surface area contributed by atoms with E-state index in [0.29, 0.717) is 18.9 Å². The van der Waals surface area contributed by atoms with Crippen molar-refractivity contribution in [2.45, 2.75) is 20.0 Å². The van der Waals surface area contributed by atoms with Crippen molar-refractivity contribution in [3.05, 3.63) is 41.5 Å². The SMILES string of the molecule is COc1ccc(C)cc1CNCc1ncon1. The Morgan fingerprint density at radius 3 is 2.94 bits per heavy atom. The van der Waals surface area contributed by atoms with Crippen molar-refractivity contribution in [1.29, 1.82) is 0 Å². The van der Waals surface area contributed by atoms with Gasteiger partial charge in [-0.25, -0.2) is 0 Å². The molecule has 0 fully saturated rings. The standard InChI is InChI=1S/C12H15N3O2/c1-9-3-4-11(16-2)10(5-9)6-13-7-12-14-8-17-15-12/h3-5,8,13H,6-7H2,1-2H3. The minimum absolute atomic E-state index is 0.577. The number of methoxy groups -OCH3 is 1. The number of benzene rings is 1. The highest BCUT2D eigenvalue weighted by Gasteiger charge is 2.03. The zero-order chi connectivity index (χ0) is 12.1. The molecule has 1 heterocycles. The van der Waals surface area contributed by atoms with Crippen LogP contribution in [0.1, 0.15) is 17.0 Å². The largest absolute Gasteiger partial charge is 0.496 e. The fourth-order valence-electron chi connectivity index (χ4n) is 1.62. The molecule has 1 N–H and O–H groups in total. The van der Waals surface area contributed by atoms with Gasteiger partial charge < -0.3 is 14.6 Å². The van der Waals surface area contributed by atoms with E-state index in [9.17, 15) is 0 Å². The maximum Gasteiger partial charge on any atom is 0.213 e. The quantitative estimate of drug-likeness (QED) is 0.851. The molecule has 0 saturated carbocycles. The van der Waals surface area contributed by atoms with E-state index in [-0.39, 0.29) is 0 Å². The lowest BCUT2D eigenvalue weighted by molar-refractivity contribution is 0.403. The van der Waals surface area contributed by atoms with Crippen LogP contribution in [0.25, 0.3) is 0 Å². The van der Waals surface area contributed by atoms with Gasteiger partial charge >= 0.3 is 0 Å². The number of rotatable bonds is 5. The molecule has 0 spiro atoms. The van der Waals surface area contributed by atoms with Crippen LogP contribution in [-0.4, -0.2) is 17.3 Å². The van der Waals surface area contributed by atoms with Gasteiger partial charge in [0.05, 0.1) is 13.7 Å². The summed E-state index contributed by atoms with van der Waals surface area (Å²) < 4.78 is 9.95. The highest BCUT2D eigenvalue weighted by Crippen LogP contribution is 2.19. The number of nitrogens with zero attached hydrogens (tertiary/aromatic N) is 2. The number of aryl methyl sites for hydroxylation is 1. The third-order valence-electron chi connectivity index (χ3n) is 2.44. The molecule has 0 aliphatic rings. The minimum atomic E-state index is 0.577. The maximum absolute atomic E-state index is 5.30. The van der Waals surface area contributed by atoms with E-state index < -0.39 is 0 Å². The van der Waals surface area contributed by atoms with E-state index in [2.05, 4.69) is 33.0 Å². The van der Waals surface area contributed by atoms with Crippen LogP contribution in [0.15, 0.2) is 29.1 Å². The average Bonchev–Trinajstić information content (AvgIpc) is 2.82. The van der Waals surface area contributed by atoms with Crippen molar-refractivity contribution >= 4 is 0 Å². The Bertz CT molecular complexity index is 469. The number of ether oxygens (including phenoxy) is 1. The van der Waals surface area contributed by atoms with E-state index in [1.165, 1.54) is 12.0 Å². The molecule has 1 aromatic heterocycles. The number of nitrogens with one attached hydrogen (secondary N) is 1. The van der Waals surface area contributed by atoms with Gasteiger partial charge in [-0.3, -0.25) is 0 Å². The second-order valence-corrected chi connectivity index (χ2v) is 3.77. The van der Waals surface area contributed by atoms with Gasteiger partial charge in [-0.2, -0.15) is 4.98 Å². The molecule has 0 atom stereocenters. The summed E-state index contributed by atoms with van der Waals surface area (Å²) in [5.41, 5.74) is 2.33. The highest BCUT2D eigenvalue weighted by molar-refractivity contribution is 5.36. The zero-order valence-corrected chi connectivity index (χ0v) is 9.93. The monoisotopic (exact) mass is 233 g/mol. The molecule has 2 aromatic rings. The Morgan fingerprint density at radius 2 is 2.24 bits per heavy atom. The Labute approximate surface area is 99.8 Å². The molecule has 17 heavy (non-hydrogen) atoms. The molecule has 0 aliphatic heterocycles. The van der Waals surface area contributed by atoms with E-state index >= 15 is 0 Å². The van der Waals surface area contributed by atoms with Crippen LogP contribution in [0.4, 0.5) is 0 Å². The first-order chi connectivity index (χ1) is 8.29. The van der Waals surface area contributed by atoms with Crippen molar-refractivity contribution in [1.82, 2.24) is 15.5 Å². The van der Waals surface area contributed by atoms with Gasteiger partial charge in [0.1, 0.15) is 5.75 Å². The van der Waals surface area contributed by atoms with E-state index in [0.717, 1.165) is 11.3 Å². The predicted molar refractivity (Wildman–Crippen MR) is 62.6 cm³/mol. The third kappa shape index (κ3) is 3.04. The van der Waals surface area contributed by atoms with Crippen LogP contribution < -0.4 is 10.1 Å². The molecule has 5 heteroatoms. The fraction of sp³-hybridized carbons (Fsp3) is 0.333. The summed E-state index contributed by atoms with van der Waals surface area (Å²) in [6.07, 6.45) is 1.32. The van der Waals surface area contributed by atoms with Crippen LogP contribution in [0, 0.1) is 6.92 Å². The molecular weight excluding hydrogens is 218 g/mol. The normalized spacial score (nSPS) is 10.5. The molecule has 0 amide bonds. The molecule has 0 bridgehead atoms. The Hall–Kier alpha value is -1.88. The summed E-state index contributed by atoms with van der Waals surface area (Å²) in [4.78, 5) is 3.94. The van der Waals surface area contributed by atoms with Crippen LogP contribution in [0.2, 0.25) is 0 Å². The number of aromatic nitrogens is 2. The van der Waals surface area contributed by atoms with Gasteiger partial charge in [0.2, 0.25) is 6.39 Å². The van der Waals surface area contributed by atoms with Crippen LogP contribution in [0.5, 0.6) is 5.75 Å². The molecule has 0 unspecified atom stereocenters. The summed E-state index contributed by atoms with van der Waals surface area (Å²) in [7, 11) is 1.67. The number of hydrogen-bond acceptors (Lipinski definition) is 5. The van der Waals surface area contributed by atoms with Gasteiger partial charge in [0, 0.05) is 12.1 Å². The van der Waals surface area contributed by atoms with Crippen molar-refractivity contribution in [3.63, 3.8) is 0 Å². The Balaban J connectivity index is 1.96. The first-order valence-electron chi connectivity index (χ1n) is 5.39. The topological polar surface area (TPSA) is 60.2 Å². The lowest BCUT2D eigenvalue weighted by atomic mass is 10.1. The Morgan fingerprint density at radius 1 is 1.35 bits per heavy atom. The molecule has 0 saturated heterocycles. The zero-order valence-electron chi connectivity index (χ0n) is 9.93. The number of hydrogen-bond donors (Lipinski definition) is 1. The van der Waals surface area contributed by atoms with E-state index in [4.69, 9.17) is 4.74 Å². The molecule has 0 aliphatic carbocycles. The smallest absolute Gasteiger partial charge is 0.213 e. The molecule has 1 aromatic carbocycles. The first-order valence-corrected chi connectivity index (χ1v) is 5.39. The van der Waals surface area contributed by atoms with Crippen LogP contribution in [0.3, 0.4) is 0 Å². The van der Waals surface area contributed by atoms with Crippen molar-refractivity contribution in [3.8, 4) is 5.75 Å².